The van der Waals surface area contributed by atoms with Gasteiger partial charge < -0.3 is 4.74 Å². The molecule has 0 aromatic carbocycles. The number of carbonyl (C=O) groups is 1. The SMILES string of the molecule is CCCCC/C=C\C/C=C\C/C=C\C/C=C\CCCC(=O)OCC(CC)CCCC. The highest BCUT2D eigenvalue weighted by molar-refractivity contribution is 5.69. The van der Waals surface area contributed by atoms with Gasteiger partial charge in [-0.05, 0) is 57.3 Å². The van der Waals surface area contributed by atoms with Crippen molar-refractivity contribution in [2.24, 2.45) is 5.92 Å². The van der Waals surface area contributed by atoms with E-state index in [1.165, 1.54) is 44.9 Å². The van der Waals surface area contributed by atoms with Gasteiger partial charge >= 0.3 is 5.97 Å². The van der Waals surface area contributed by atoms with Crippen molar-refractivity contribution in [2.45, 2.75) is 111 Å². The fourth-order valence-corrected chi connectivity index (χ4v) is 3.11. The first kappa shape index (κ1) is 28.4. The van der Waals surface area contributed by atoms with Crippen molar-refractivity contribution < 1.29 is 9.53 Å². The molecule has 0 aromatic rings. The van der Waals surface area contributed by atoms with E-state index in [2.05, 4.69) is 69.4 Å². The Bertz CT molecular complexity index is 485. The summed E-state index contributed by atoms with van der Waals surface area (Å²) in [5, 5.41) is 0. The number of ether oxygens (including phenoxy) is 1. The Labute approximate surface area is 187 Å². The molecule has 0 saturated heterocycles. The second kappa shape index (κ2) is 23.7. The maximum atomic E-state index is 11.8. The van der Waals surface area contributed by atoms with Gasteiger partial charge in [0, 0.05) is 6.42 Å². The minimum absolute atomic E-state index is 0.0409. The Morgan fingerprint density at radius 3 is 1.77 bits per heavy atom. The molecule has 2 nitrogen and oxygen atoms in total. The van der Waals surface area contributed by atoms with Crippen LogP contribution in [-0.4, -0.2) is 12.6 Å². The summed E-state index contributed by atoms with van der Waals surface area (Å²) >= 11 is 0. The van der Waals surface area contributed by atoms with E-state index in [0.29, 0.717) is 18.9 Å². The van der Waals surface area contributed by atoms with Crippen LogP contribution in [0.4, 0.5) is 0 Å². The molecule has 0 spiro atoms. The molecule has 0 radical (unpaired) electrons. The third-order valence-electron chi connectivity index (χ3n) is 5.23. The van der Waals surface area contributed by atoms with Gasteiger partial charge in [0.05, 0.1) is 6.61 Å². The molecule has 0 heterocycles. The molecular weight excluding hydrogens is 368 g/mol. The van der Waals surface area contributed by atoms with Gasteiger partial charge in [0.15, 0.2) is 0 Å². The van der Waals surface area contributed by atoms with Gasteiger partial charge in [0.2, 0.25) is 0 Å². The Balaban J connectivity index is 3.59. The van der Waals surface area contributed by atoms with Crippen LogP contribution < -0.4 is 0 Å². The maximum absolute atomic E-state index is 11.8. The Morgan fingerprint density at radius 2 is 1.23 bits per heavy atom. The topological polar surface area (TPSA) is 26.3 Å². The van der Waals surface area contributed by atoms with Crippen LogP contribution in [-0.2, 0) is 9.53 Å². The molecule has 30 heavy (non-hydrogen) atoms. The van der Waals surface area contributed by atoms with Crippen LogP contribution in [0, 0.1) is 5.92 Å². The van der Waals surface area contributed by atoms with Crippen LogP contribution in [0.5, 0.6) is 0 Å². The van der Waals surface area contributed by atoms with E-state index < -0.39 is 0 Å². The summed E-state index contributed by atoms with van der Waals surface area (Å²) in [7, 11) is 0. The molecule has 0 N–H and O–H groups in total. The second-order valence-corrected chi connectivity index (χ2v) is 8.08. The summed E-state index contributed by atoms with van der Waals surface area (Å²) in [5.74, 6) is 0.489. The van der Waals surface area contributed by atoms with Gasteiger partial charge in [-0.3, -0.25) is 4.79 Å². The Kier molecular flexibility index (Phi) is 22.5. The first-order valence-electron chi connectivity index (χ1n) is 12.5. The third kappa shape index (κ3) is 21.1. The predicted octanol–water partition coefficient (Wildman–Crippen LogP) is 8.89. The highest BCUT2D eigenvalue weighted by Crippen LogP contribution is 2.13. The molecule has 1 unspecified atom stereocenters. The average Bonchev–Trinajstić information content (AvgIpc) is 2.76. The lowest BCUT2D eigenvalue weighted by atomic mass is 10.0. The summed E-state index contributed by atoms with van der Waals surface area (Å²) in [5.41, 5.74) is 0. The molecule has 0 aliphatic rings. The van der Waals surface area contributed by atoms with Crippen molar-refractivity contribution >= 4 is 5.97 Å². The lowest BCUT2D eigenvalue weighted by molar-refractivity contribution is -0.145. The lowest BCUT2D eigenvalue weighted by Gasteiger charge is -2.14. The van der Waals surface area contributed by atoms with Crippen LogP contribution in [0.3, 0.4) is 0 Å². The zero-order valence-corrected chi connectivity index (χ0v) is 20.1. The monoisotopic (exact) mass is 416 g/mol. The molecule has 2 heteroatoms. The van der Waals surface area contributed by atoms with Crippen molar-refractivity contribution in [3.63, 3.8) is 0 Å². The number of carbonyl (C=O) groups excluding carboxylic acids is 1. The average molecular weight is 417 g/mol. The maximum Gasteiger partial charge on any atom is 0.305 e. The minimum atomic E-state index is -0.0409. The van der Waals surface area contributed by atoms with E-state index in [-0.39, 0.29) is 5.97 Å². The molecule has 172 valence electrons. The van der Waals surface area contributed by atoms with Crippen LogP contribution in [0.2, 0.25) is 0 Å². The number of hydrogen-bond donors (Lipinski definition) is 0. The van der Waals surface area contributed by atoms with Crippen molar-refractivity contribution in [1.82, 2.24) is 0 Å². The zero-order valence-electron chi connectivity index (χ0n) is 20.1. The summed E-state index contributed by atoms with van der Waals surface area (Å²) in [6.45, 7) is 7.22. The molecule has 0 aromatic heterocycles. The smallest absolute Gasteiger partial charge is 0.305 e. The number of hydrogen-bond acceptors (Lipinski definition) is 2. The summed E-state index contributed by atoms with van der Waals surface area (Å²) in [4.78, 5) is 11.8. The second-order valence-electron chi connectivity index (χ2n) is 8.08. The van der Waals surface area contributed by atoms with Crippen molar-refractivity contribution in [2.75, 3.05) is 6.61 Å². The van der Waals surface area contributed by atoms with Gasteiger partial charge in [-0.1, -0.05) is 101 Å². The largest absolute Gasteiger partial charge is 0.465 e. The molecule has 0 aliphatic heterocycles. The first-order valence-corrected chi connectivity index (χ1v) is 12.5. The first-order chi connectivity index (χ1) is 14.7. The normalized spacial score (nSPS) is 13.3. The number of allylic oxidation sites excluding steroid dienone is 8. The van der Waals surface area contributed by atoms with Crippen molar-refractivity contribution in [1.29, 1.82) is 0 Å². The summed E-state index contributed by atoms with van der Waals surface area (Å²) in [6, 6.07) is 0. The zero-order chi connectivity index (χ0) is 22.1. The van der Waals surface area contributed by atoms with E-state index in [1.54, 1.807) is 0 Å². The Morgan fingerprint density at radius 1 is 0.700 bits per heavy atom. The highest BCUT2D eigenvalue weighted by Gasteiger charge is 2.09. The van der Waals surface area contributed by atoms with Gasteiger partial charge in [0.25, 0.3) is 0 Å². The molecule has 0 saturated carbocycles. The minimum Gasteiger partial charge on any atom is -0.465 e. The molecular formula is C28H48O2. The molecule has 0 fully saturated rings. The van der Waals surface area contributed by atoms with Gasteiger partial charge in [-0.25, -0.2) is 0 Å². The van der Waals surface area contributed by atoms with Crippen molar-refractivity contribution in [3.05, 3.63) is 48.6 Å². The summed E-state index contributed by atoms with van der Waals surface area (Å²) < 4.78 is 5.44. The highest BCUT2D eigenvalue weighted by atomic mass is 16.5. The fraction of sp³-hybridized carbons (Fsp3) is 0.679. The van der Waals surface area contributed by atoms with E-state index in [4.69, 9.17) is 4.74 Å². The standard InChI is InChI=1S/C28H48O2/c1-4-7-9-10-11-12-13-14-15-16-17-18-19-20-21-22-23-25-28(29)30-26-27(6-3)24-8-5-2/h11-12,14-15,17-18,20-21,27H,4-10,13,16,19,22-26H2,1-3H3/b12-11-,15-14-,18-17-,21-20-. The number of unbranched alkanes of at least 4 members (excludes halogenated alkanes) is 5. The molecule has 0 amide bonds. The lowest BCUT2D eigenvalue weighted by Crippen LogP contribution is -2.13. The van der Waals surface area contributed by atoms with Crippen LogP contribution in [0.1, 0.15) is 111 Å². The number of rotatable bonds is 20. The van der Waals surface area contributed by atoms with Crippen LogP contribution in [0.15, 0.2) is 48.6 Å². The number of esters is 1. The van der Waals surface area contributed by atoms with E-state index in [9.17, 15) is 4.79 Å². The molecule has 0 bridgehead atoms. The summed E-state index contributed by atoms with van der Waals surface area (Å²) in [6.07, 6.45) is 33.0. The van der Waals surface area contributed by atoms with Gasteiger partial charge in [-0.15, -0.1) is 0 Å². The quantitative estimate of drug-likeness (QED) is 0.112. The van der Waals surface area contributed by atoms with Crippen LogP contribution in [0.25, 0.3) is 0 Å². The van der Waals surface area contributed by atoms with Crippen molar-refractivity contribution in [3.8, 4) is 0 Å². The van der Waals surface area contributed by atoms with Gasteiger partial charge in [-0.2, -0.15) is 0 Å². The fourth-order valence-electron chi connectivity index (χ4n) is 3.11. The van der Waals surface area contributed by atoms with Gasteiger partial charge in [0.1, 0.15) is 0 Å². The van der Waals surface area contributed by atoms with Crippen LogP contribution >= 0.6 is 0 Å². The van der Waals surface area contributed by atoms with E-state index >= 15 is 0 Å². The molecule has 1 atom stereocenters. The Hall–Kier alpha value is -1.57. The molecule has 0 rings (SSSR count). The van der Waals surface area contributed by atoms with E-state index in [1.807, 2.05) is 0 Å². The predicted molar refractivity (Wildman–Crippen MR) is 133 cm³/mol. The molecule has 0 aliphatic carbocycles. The van der Waals surface area contributed by atoms with E-state index in [0.717, 1.165) is 38.5 Å². The third-order valence-corrected chi connectivity index (χ3v) is 5.23.